The Morgan fingerprint density at radius 2 is 1.60 bits per heavy atom. The number of rotatable bonds is 6. The molecule has 1 atom stereocenters. The quantitative estimate of drug-likeness (QED) is 0.707. The lowest BCUT2D eigenvalue weighted by atomic mass is 10.0. The van der Waals surface area contributed by atoms with Crippen molar-refractivity contribution in [3.8, 4) is 0 Å². The number of nitrogens with one attached hydrogen (secondary N) is 2. The normalized spacial score (nSPS) is 11.8. The average Bonchev–Trinajstić information content (AvgIpc) is 2.60. The summed E-state index contributed by atoms with van der Waals surface area (Å²) in [5.41, 5.74) is 2.56. The summed E-state index contributed by atoms with van der Waals surface area (Å²) in [6.45, 7) is 4.06. The Morgan fingerprint density at radius 3 is 2.28 bits per heavy atom. The molecule has 0 saturated heterocycles. The molecule has 2 aromatic rings. The minimum absolute atomic E-state index is 0.0208. The van der Waals surface area contributed by atoms with Gasteiger partial charge in [0.05, 0.1) is 6.10 Å². The summed E-state index contributed by atoms with van der Waals surface area (Å²) >= 11 is 0. The molecule has 0 heterocycles. The summed E-state index contributed by atoms with van der Waals surface area (Å²) < 4.78 is 0. The van der Waals surface area contributed by atoms with Crippen LogP contribution in [0.3, 0.4) is 0 Å². The van der Waals surface area contributed by atoms with Crippen LogP contribution in [-0.4, -0.2) is 29.6 Å². The van der Waals surface area contributed by atoms with Crippen molar-refractivity contribution in [3.05, 3.63) is 65.7 Å². The summed E-state index contributed by atoms with van der Waals surface area (Å²) in [6.07, 6.45) is -0.332. The topological polar surface area (TPSA) is 78.4 Å². The molecule has 0 bridgehead atoms. The predicted octanol–water partition coefficient (Wildman–Crippen LogP) is 2.47. The Hall–Kier alpha value is -2.66. The van der Waals surface area contributed by atoms with E-state index >= 15 is 0 Å². The summed E-state index contributed by atoms with van der Waals surface area (Å²) in [7, 11) is 0. The number of aliphatic hydroxyl groups excluding tert-OH is 1. The number of carbonyl (C=O) groups is 2. The lowest BCUT2D eigenvalue weighted by molar-refractivity contribution is -0.136. The zero-order valence-corrected chi connectivity index (χ0v) is 14.5. The molecule has 3 N–H and O–H groups in total. The van der Waals surface area contributed by atoms with Crippen LogP contribution in [0.1, 0.15) is 30.9 Å². The van der Waals surface area contributed by atoms with Gasteiger partial charge in [0.25, 0.3) is 0 Å². The van der Waals surface area contributed by atoms with E-state index in [1.165, 1.54) is 0 Å². The lowest BCUT2D eigenvalue weighted by Gasteiger charge is -2.14. The van der Waals surface area contributed by atoms with Crippen molar-refractivity contribution in [2.24, 2.45) is 0 Å². The second-order valence-electron chi connectivity index (χ2n) is 6.25. The van der Waals surface area contributed by atoms with Crippen molar-refractivity contribution in [3.63, 3.8) is 0 Å². The van der Waals surface area contributed by atoms with Crippen molar-refractivity contribution in [2.75, 3.05) is 11.9 Å². The Labute approximate surface area is 148 Å². The maximum absolute atomic E-state index is 12.1. The highest BCUT2D eigenvalue weighted by Gasteiger charge is 2.17. The van der Waals surface area contributed by atoms with Gasteiger partial charge >= 0.3 is 11.8 Å². The second-order valence-corrected chi connectivity index (χ2v) is 6.25. The van der Waals surface area contributed by atoms with E-state index in [1.807, 2.05) is 62.4 Å². The van der Waals surface area contributed by atoms with Crippen molar-refractivity contribution >= 4 is 17.5 Å². The number of carbonyl (C=O) groups excluding carboxylic acids is 2. The van der Waals surface area contributed by atoms with Gasteiger partial charge in [0.2, 0.25) is 0 Å². The molecule has 2 aromatic carbocycles. The monoisotopic (exact) mass is 340 g/mol. The van der Waals surface area contributed by atoms with Crippen molar-refractivity contribution in [1.82, 2.24) is 5.32 Å². The maximum Gasteiger partial charge on any atom is 0.313 e. The van der Waals surface area contributed by atoms with E-state index < -0.39 is 17.9 Å². The fraction of sp³-hybridized carbons (Fsp3) is 0.300. The highest BCUT2D eigenvalue weighted by atomic mass is 16.3. The maximum atomic E-state index is 12.1. The van der Waals surface area contributed by atoms with Gasteiger partial charge in [-0.3, -0.25) is 9.59 Å². The fourth-order valence-corrected chi connectivity index (χ4v) is 2.54. The third kappa shape index (κ3) is 5.72. The van der Waals surface area contributed by atoms with Crippen LogP contribution in [0.25, 0.3) is 0 Å². The fourth-order valence-electron chi connectivity index (χ4n) is 2.54. The third-order valence-electron chi connectivity index (χ3n) is 3.85. The van der Waals surface area contributed by atoms with Crippen molar-refractivity contribution < 1.29 is 14.7 Å². The third-order valence-corrected chi connectivity index (χ3v) is 3.85. The standard InChI is InChI=1S/C20H24N2O3/c1-14(2)17-10-6-7-11-18(17)22-20(25)19(24)21-13-16(23)12-15-8-4-3-5-9-15/h3-11,14,16,23H,12-13H2,1-2H3,(H,21,24)(H,22,25). The molecular formula is C20H24N2O3. The van der Waals surface area contributed by atoms with Gasteiger partial charge in [-0.2, -0.15) is 0 Å². The molecule has 0 aliphatic rings. The molecule has 132 valence electrons. The van der Waals surface area contributed by atoms with E-state index in [4.69, 9.17) is 0 Å². The Morgan fingerprint density at radius 1 is 0.960 bits per heavy atom. The summed E-state index contributed by atoms with van der Waals surface area (Å²) in [4.78, 5) is 24.0. The van der Waals surface area contributed by atoms with Crippen LogP contribution in [0.15, 0.2) is 54.6 Å². The van der Waals surface area contributed by atoms with Crippen LogP contribution in [0.5, 0.6) is 0 Å². The average molecular weight is 340 g/mol. The van der Waals surface area contributed by atoms with Gasteiger partial charge in [0.15, 0.2) is 0 Å². The molecule has 0 aliphatic carbocycles. The van der Waals surface area contributed by atoms with Crippen LogP contribution in [0.2, 0.25) is 0 Å². The van der Waals surface area contributed by atoms with Gasteiger partial charge in [-0.05, 0) is 23.1 Å². The lowest BCUT2D eigenvalue weighted by Crippen LogP contribution is -2.40. The van der Waals surface area contributed by atoms with Crippen LogP contribution in [0.4, 0.5) is 5.69 Å². The molecular weight excluding hydrogens is 316 g/mol. The summed E-state index contributed by atoms with van der Waals surface area (Å²) in [5.74, 6) is -1.27. The predicted molar refractivity (Wildman–Crippen MR) is 98.3 cm³/mol. The van der Waals surface area contributed by atoms with E-state index in [1.54, 1.807) is 6.07 Å². The second kappa shape index (κ2) is 8.99. The SMILES string of the molecule is CC(C)c1ccccc1NC(=O)C(=O)NCC(O)Cc1ccccc1. The molecule has 0 radical (unpaired) electrons. The highest BCUT2D eigenvalue weighted by molar-refractivity contribution is 6.39. The van der Waals surface area contributed by atoms with E-state index in [0.717, 1.165) is 11.1 Å². The van der Waals surface area contributed by atoms with E-state index in [2.05, 4.69) is 10.6 Å². The number of aliphatic hydroxyl groups is 1. The number of benzene rings is 2. The summed E-state index contributed by atoms with van der Waals surface area (Å²) in [5, 5.41) is 15.1. The molecule has 5 nitrogen and oxygen atoms in total. The molecule has 1 unspecified atom stereocenters. The minimum atomic E-state index is -0.759. The Bertz CT molecular complexity index is 714. The van der Waals surface area contributed by atoms with Gasteiger partial charge in [-0.1, -0.05) is 62.4 Å². The van der Waals surface area contributed by atoms with Gasteiger partial charge < -0.3 is 15.7 Å². The first-order valence-corrected chi connectivity index (χ1v) is 8.37. The van der Waals surface area contributed by atoms with Crippen LogP contribution < -0.4 is 10.6 Å². The highest BCUT2D eigenvalue weighted by Crippen LogP contribution is 2.23. The molecule has 0 fully saturated rings. The molecule has 0 aromatic heterocycles. The molecule has 25 heavy (non-hydrogen) atoms. The first-order chi connectivity index (χ1) is 12.0. The zero-order valence-electron chi connectivity index (χ0n) is 14.5. The van der Waals surface area contributed by atoms with Gasteiger partial charge in [0.1, 0.15) is 0 Å². The first-order valence-electron chi connectivity index (χ1n) is 8.37. The largest absolute Gasteiger partial charge is 0.391 e. The van der Waals surface area contributed by atoms with E-state index in [-0.39, 0.29) is 12.5 Å². The van der Waals surface area contributed by atoms with Gasteiger partial charge in [0, 0.05) is 18.7 Å². The molecule has 5 heteroatoms. The molecule has 0 spiro atoms. The number of para-hydroxylation sites is 1. The first kappa shape index (κ1) is 18.7. The molecule has 0 aliphatic heterocycles. The van der Waals surface area contributed by atoms with E-state index in [9.17, 15) is 14.7 Å². The van der Waals surface area contributed by atoms with Crippen LogP contribution >= 0.6 is 0 Å². The van der Waals surface area contributed by atoms with Gasteiger partial charge in [-0.15, -0.1) is 0 Å². The van der Waals surface area contributed by atoms with Gasteiger partial charge in [-0.25, -0.2) is 0 Å². The van der Waals surface area contributed by atoms with Crippen molar-refractivity contribution in [2.45, 2.75) is 32.3 Å². The minimum Gasteiger partial charge on any atom is -0.391 e. The number of amides is 2. The van der Waals surface area contributed by atoms with E-state index in [0.29, 0.717) is 12.1 Å². The van der Waals surface area contributed by atoms with Crippen LogP contribution in [-0.2, 0) is 16.0 Å². The smallest absolute Gasteiger partial charge is 0.313 e. The molecule has 2 rings (SSSR count). The molecule has 2 amide bonds. The Balaban J connectivity index is 1.85. The number of hydrogen-bond donors (Lipinski definition) is 3. The van der Waals surface area contributed by atoms with Crippen molar-refractivity contribution in [1.29, 1.82) is 0 Å². The zero-order chi connectivity index (χ0) is 18.2. The Kier molecular flexibility index (Phi) is 6.71. The number of anilines is 1. The molecule has 0 saturated carbocycles. The number of hydrogen-bond acceptors (Lipinski definition) is 3. The summed E-state index contributed by atoms with van der Waals surface area (Å²) in [6, 6.07) is 16.9. The van der Waals surface area contributed by atoms with Crippen LogP contribution in [0, 0.1) is 0 Å².